The van der Waals surface area contributed by atoms with E-state index >= 15 is 0 Å². The molecule has 1 atom stereocenters. The van der Waals surface area contributed by atoms with Crippen LogP contribution in [0.4, 0.5) is 11.4 Å². The van der Waals surface area contributed by atoms with Crippen molar-refractivity contribution in [2.75, 3.05) is 16.8 Å². The average molecular weight is 410 g/mol. The molecule has 0 aromatic heterocycles. The normalized spacial score (nSPS) is 14.6. The van der Waals surface area contributed by atoms with Crippen molar-refractivity contribution in [3.05, 3.63) is 52.0 Å². The van der Waals surface area contributed by atoms with E-state index in [-0.39, 0.29) is 18.4 Å². The summed E-state index contributed by atoms with van der Waals surface area (Å²) in [6, 6.07) is 11.5. The minimum atomic E-state index is -0.706. The third kappa shape index (κ3) is 3.39. The predicted molar refractivity (Wildman–Crippen MR) is 96.7 cm³/mol. The van der Waals surface area contributed by atoms with Crippen LogP contribution in [-0.4, -0.2) is 24.5 Å². The molecule has 2 aromatic carbocycles. The number of hydrogen-bond donors (Lipinski definition) is 1. The Kier molecular flexibility index (Phi) is 4.78. The molecule has 24 heavy (non-hydrogen) atoms. The van der Waals surface area contributed by atoms with Crippen LogP contribution >= 0.6 is 27.5 Å². The maximum atomic E-state index is 12.5. The number of benzene rings is 2. The minimum Gasteiger partial charge on any atom is -0.482 e. The molecule has 0 bridgehead atoms. The second-order valence-corrected chi connectivity index (χ2v) is 6.69. The van der Waals surface area contributed by atoms with Crippen molar-refractivity contribution in [3.8, 4) is 5.75 Å². The highest BCUT2D eigenvalue weighted by molar-refractivity contribution is 9.10. The smallest absolute Gasteiger partial charge is 0.265 e. The van der Waals surface area contributed by atoms with Crippen LogP contribution in [-0.2, 0) is 9.59 Å². The second-order valence-electron chi connectivity index (χ2n) is 5.34. The first-order valence-electron chi connectivity index (χ1n) is 7.26. The Balaban J connectivity index is 1.84. The van der Waals surface area contributed by atoms with Crippen molar-refractivity contribution in [1.29, 1.82) is 0 Å². The number of hydrogen-bond acceptors (Lipinski definition) is 3. The molecule has 1 N–H and O–H groups in total. The van der Waals surface area contributed by atoms with Gasteiger partial charge in [-0.2, -0.15) is 0 Å². The van der Waals surface area contributed by atoms with Crippen LogP contribution in [0.15, 0.2) is 46.9 Å². The van der Waals surface area contributed by atoms with E-state index in [9.17, 15) is 9.59 Å². The minimum absolute atomic E-state index is 0.107. The highest BCUT2D eigenvalue weighted by atomic mass is 79.9. The molecule has 0 fully saturated rings. The largest absolute Gasteiger partial charge is 0.482 e. The van der Waals surface area contributed by atoms with Crippen LogP contribution in [0.5, 0.6) is 5.75 Å². The number of rotatable bonds is 3. The van der Waals surface area contributed by atoms with Gasteiger partial charge in [-0.1, -0.05) is 27.5 Å². The number of nitrogens with one attached hydrogen (secondary N) is 1. The van der Waals surface area contributed by atoms with Crippen molar-refractivity contribution < 1.29 is 14.3 Å². The Labute approximate surface area is 152 Å². The number of nitrogens with zero attached hydrogens (tertiary/aromatic N) is 1. The second kappa shape index (κ2) is 6.83. The van der Waals surface area contributed by atoms with Gasteiger partial charge < -0.3 is 10.1 Å². The average Bonchev–Trinajstić information content (AvgIpc) is 2.56. The van der Waals surface area contributed by atoms with Crippen molar-refractivity contribution in [2.24, 2.45) is 0 Å². The lowest BCUT2D eigenvalue weighted by molar-refractivity contribution is -0.125. The van der Waals surface area contributed by atoms with Gasteiger partial charge in [0, 0.05) is 15.2 Å². The lowest BCUT2D eigenvalue weighted by atomic mass is 10.1. The molecular weight excluding hydrogens is 396 g/mol. The van der Waals surface area contributed by atoms with E-state index in [0.717, 1.165) is 4.47 Å². The number of anilines is 2. The Hall–Kier alpha value is -2.05. The van der Waals surface area contributed by atoms with Gasteiger partial charge in [-0.15, -0.1) is 0 Å². The summed E-state index contributed by atoms with van der Waals surface area (Å²) in [6.45, 7) is 1.56. The van der Waals surface area contributed by atoms with E-state index in [4.69, 9.17) is 16.3 Å². The van der Waals surface area contributed by atoms with E-state index in [1.165, 1.54) is 4.90 Å². The van der Waals surface area contributed by atoms with Crippen LogP contribution in [0.2, 0.25) is 5.02 Å². The van der Waals surface area contributed by atoms with Crippen LogP contribution in [0, 0.1) is 0 Å². The fourth-order valence-electron chi connectivity index (χ4n) is 2.47. The number of fused-ring (bicyclic) bond motifs is 1. The third-order valence-corrected chi connectivity index (χ3v) is 4.44. The first kappa shape index (κ1) is 16.8. The molecule has 7 heteroatoms. The summed E-state index contributed by atoms with van der Waals surface area (Å²) in [5, 5.41) is 3.27. The van der Waals surface area contributed by atoms with E-state index in [0.29, 0.717) is 22.1 Å². The van der Waals surface area contributed by atoms with Crippen molar-refractivity contribution in [2.45, 2.75) is 13.0 Å². The Morgan fingerprint density at radius 1 is 1.29 bits per heavy atom. The summed E-state index contributed by atoms with van der Waals surface area (Å²) < 4.78 is 6.31. The summed E-state index contributed by atoms with van der Waals surface area (Å²) in [6.07, 6.45) is 0. The number of halogens is 2. The molecule has 5 nitrogen and oxygen atoms in total. The Morgan fingerprint density at radius 3 is 2.71 bits per heavy atom. The van der Waals surface area contributed by atoms with Crippen LogP contribution < -0.4 is 15.0 Å². The van der Waals surface area contributed by atoms with Gasteiger partial charge in [0.2, 0.25) is 5.91 Å². The predicted octanol–water partition coefficient (Wildman–Crippen LogP) is 3.86. The molecule has 0 spiro atoms. The van der Waals surface area contributed by atoms with E-state index in [2.05, 4.69) is 21.2 Å². The van der Waals surface area contributed by atoms with Gasteiger partial charge in [0.1, 0.15) is 11.8 Å². The number of amides is 2. The summed E-state index contributed by atoms with van der Waals surface area (Å²) in [4.78, 5) is 26.2. The molecule has 0 saturated heterocycles. The van der Waals surface area contributed by atoms with E-state index in [1.807, 2.05) is 12.1 Å². The highest BCUT2D eigenvalue weighted by Gasteiger charge is 2.33. The van der Waals surface area contributed by atoms with Crippen LogP contribution in [0.25, 0.3) is 0 Å². The van der Waals surface area contributed by atoms with Crippen LogP contribution in [0.1, 0.15) is 6.92 Å². The first-order chi connectivity index (χ1) is 11.5. The molecule has 3 rings (SSSR count). The molecule has 1 aliphatic heterocycles. The maximum absolute atomic E-state index is 12.5. The summed E-state index contributed by atoms with van der Waals surface area (Å²) in [5.74, 6) is -0.0518. The summed E-state index contributed by atoms with van der Waals surface area (Å²) in [7, 11) is 0. The van der Waals surface area contributed by atoms with Crippen molar-refractivity contribution in [3.63, 3.8) is 0 Å². The molecular formula is C17H14BrClN2O3. The van der Waals surface area contributed by atoms with E-state index in [1.54, 1.807) is 37.3 Å². The molecule has 0 saturated carbocycles. The maximum Gasteiger partial charge on any atom is 0.265 e. The Morgan fingerprint density at radius 2 is 2.00 bits per heavy atom. The molecule has 2 aromatic rings. The molecule has 124 valence electrons. The Bertz CT molecular complexity index is 795. The van der Waals surface area contributed by atoms with Gasteiger partial charge in [-0.25, -0.2) is 0 Å². The zero-order valence-electron chi connectivity index (χ0n) is 12.8. The van der Waals surface area contributed by atoms with Crippen LogP contribution in [0.3, 0.4) is 0 Å². The van der Waals surface area contributed by atoms with Gasteiger partial charge in [-0.3, -0.25) is 14.5 Å². The fraction of sp³-hybridized carbons (Fsp3) is 0.176. The van der Waals surface area contributed by atoms with Gasteiger partial charge in [-0.05, 0) is 49.4 Å². The SMILES string of the molecule is CC(C(=O)Nc1ccc(Br)cc1)N1C(=O)COc2ccc(Cl)cc21. The lowest BCUT2D eigenvalue weighted by Gasteiger charge is -2.33. The monoisotopic (exact) mass is 408 g/mol. The van der Waals surface area contributed by atoms with E-state index < -0.39 is 6.04 Å². The third-order valence-electron chi connectivity index (χ3n) is 3.68. The number of ether oxygens (including phenoxy) is 1. The summed E-state index contributed by atoms with van der Waals surface area (Å²) >= 11 is 9.36. The quantitative estimate of drug-likeness (QED) is 0.837. The molecule has 1 unspecified atom stereocenters. The summed E-state index contributed by atoms with van der Waals surface area (Å²) in [5.41, 5.74) is 1.15. The zero-order chi connectivity index (χ0) is 17.3. The molecule has 1 aliphatic rings. The van der Waals surface area contributed by atoms with Crippen molar-refractivity contribution >= 4 is 50.7 Å². The zero-order valence-corrected chi connectivity index (χ0v) is 15.1. The first-order valence-corrected chi connectivity index (χ1v) is 8.43. The molecule has 0 aliphatic carbocycles. The van der Waals surface area contributed by atoms with Gasteiger partial charge >= 0.3 is 0 Å². The fourth-order valence-corrected chi connectivity index (χ4v) is 2.90. The number of carbonyl (C=O) groups excluding carboxylic acids is 2. The van der Waals surface area contributed by atoms with Crippen molar-refractivity contribution in [1.82, 2.24) is 0 Å². The highest BCUT2D eigenvalue weighted by Crippen LogP contribution is 2.35. The lowest BCUT2D eigenvalue weighted by Crippen LogP contribution is -2.49. The molecule has 2 amide bonds. The topological polar surface area (TPSA) is 58.6 Å². The van der Waals surface area contributed by atoms with Gasteiger partial charge in [0.25, 0.3) is 5.91 Å². The van der Waals surface area contributed by atoms with Gasteiger partial charge in [0.05, 0.1) is 5.69 Å². The standard InChI is InChI=1S/C17H14BrClN2O3/c1-10(17(23)20-13-5-2-11(18)3-6-13)21-14-8-12(19)4-7-15(14)24-9-16(21)22/h2-8,10H,9H2,1H3,(H,20,23). The molecule has 0 radical (unpaired) electrons. The van der Waals surface area contributed by atoms with Gasteiger partial charge in [0.15, 0.2) is 6.61 Å². The number of carbonyl (C=O) groups is 2. The molecule has 1 heterocycles.